The lowest BCUT2D eigenvalue weighted by molar-refractivity contribution is 0.345. The molecule has 0 amide bonds. The van der Waals surface area contributed by atoms with E-state index in [0.717, 1.165) is 12.2 Å². The minimum atomic E-state index is -3.35. The highest BCUT2D eigenvalue weighted by Gasteiger charge is 2.23. The van der Waals surface area contributed by atoms with E-state index < -0.39 is 15.5 Å². The average molecular weight is 503 g/mol. The zero-order valence-corrected chi connectivity index (χ0v) is 21.1. The van der Waals surface area contributed by atoms with Crippen molar-refractivity contribution in [2.45, 2.75) is 32.1 Å². The Hall–Kier alpha value is -0.960. The summed E-state index contributed by atoms with van der Waals surface area (Å²) in [6.45, 7) is 6.04. The van der Waals surface area contributed by atoms with Gasteiger partial charge < -0.3 is 13.5 Å². The van der Waals surface area contributed by atoms with Gasteiger partial charge in [-0.2, -0.15) is 0 Å². The van der Waals surface area contributed by atoms with Gasteiger partial charge in [-0.3, -0.25) is 0 Å². The fraction of sp³-hybridized carbons (Fsp3) is 0.350. The molecule has 3 rings (SSSR count). The number of hydrogen-bond acceptors (Lipinski definition) is 8. The van der Waals surface area contributed by atoms with Crippen molar-refractivity contribution in [1.29, 1.82) is 0 Å². The molecule has 30 heavy (non-hydrogen) atoms. The second-order valence-electron chi connectivity index (χ2n) is 6.41. The van der Waals surface area contributed by atoms with Crippen LogP contribution in [0.3, 0.4) is 0 Å². The Morgan fingerprint density at radius 3 is 2.57 bits per heavy atom. The maximum atomic E-state index is 12.2. The molecule has 3 aromatic rings. The molecule has 0 aliphatic heterocycles. The molecule has 1 aromatic heterocycles. The monoisotopic (exact) mass is 502 g/mol. The maximum absolute atomic E-state index is 12.2. The zero-order chi connectivity index (χ0) is 21.9. The number of rotatable bonds is 9. The molecule has 0 spiro atoms. The summed E-state index contributed by atoms with van der Waals surface area (Å²) in [5.41, 5.74) is -1.66. The summed E-state index contributed by atoms with van der Waals surface area (Å²) in [6.07, 6.45) is 0.963. The molecule has 0 aliphatic rings. The first kappa shape index (κ1) is 23.7. The minimum absolute atomic E-state index is 0.0162. The average Bonchev–Trinajstić information content (AvgIpc) is 2.72. The van der Waals surface area contributed by atoms with Gasteiger partial charge in [0.05, 0.1) is 27.2 Å². The van der Waals surface area contributed by atoms with Crippen LogP contribution in [0.1, 0.15) is 27.2 Å². The van der Waals surface area contributed by atoms with E-state index in [1.165, 1.54) is 17.4 Å². The molecule has 1 heterocycles. The molecule has 0 saturated heterocycles. The first-order chi connectivity index (χ1) is 14.2. The summed E-state index contributed by atoms with van der Waals surface area (Å²) < 4.78 is 43.1. The number of benzene rings is 2. The summed E-state index contributed by atoms with van der Waals surface area (Å²) in [5.74, 6) is 1.38. The smallest absolute Gasteiger partial charge is 0.297 e. The predicted molar refractivity (Wildman–Crippen MR) is 132 cm³/mol. The van der Waals surface area contributed by atoms with Gasteiger partial charge in [-0.05, 0) is 49.4 Å². The van der Waals surface area contributed by atoms with Crippen LogP contribution in [0, 0.1) is 4.51 Å². The fourth-order valence-corrected chi connectivity index (χ4v) is 8.80. The van der Waals surface area contributed by atoms with Crippen LogP contribution in [0.15, 0.2) is 45.7 Å². The molecule has 0 radical (unpaired) electrons. The summed E-state index contributed by atoms with van der Waals surface area (Å²) in [6, 6.07) is 10.2. The number of hydrogen-bond donors (Lipinski definition) is 0. The van der Waals surface area contributed by atoms with Crippen molar-refractivity contribution in [3.05, 3.63) is 40.9 Å². The van der Waals surface area contributed by atoms with E-state index in [0.29, 0.717) is 38.8 Å². The third-order valence-electron chi connectivity index (χ3n) is 4.32. The summed E-state index contributed by atoms with van der Waals surface area (Å²) >= 11 is 13.0. The Morgan fingerprint density at radius 1 is 1.13 bits per heavy atom. The van der Waals surface area contributed by atoms with E-state index in [4.69, 9.17) is 37.5 Å². The van der Waals surface area contributed by atoms with Gasteiger partial charge in [0.1, 0.15) is 16.9 Å². The molecular formula is C20H23O5PS4. The van der Waals surface area contributed by atoms with E-state index in [-0.39, 0.29) is 10.6 Å². The molecule has 0 saturated carbocycles. The summed E-state index contributed by atoms with van der Waals surface area (Å²) in [7, 11) is -3.35. The molecule has 162 valence electrons. The van der Waals surface area contributed by atoms with E-state index in [1.807, 2.05) is 13.0 Å². The molecule has 5 nitrogen and oxygen atoms in total. The Kier molecular flexibility index (Phi) is 7.64. The third kappa shape index (κ3) is 4.92. The van der Waals surface area contributed by atoms with Crippen LogP contribution in [0.4, 0.5) is 0 Å². The highest BCUT2D eigenvalue weighted by Crippen LogP contribution is 2.61. The summed E-state index contributed by atoms with van der Waals surface area (Å²) in [5, 5.41) is 1.28. The Balaban J connectivity index is 2.18. The van der Waals surface area contributed by atoms with Crippen molar-refractivity contribution < 1.29 is 21.9 Å². The number of sulfone groups is 1. The molecule has 0 aliphatic carbocycles. The van der Waals surface area contributed by atoms with Crippen molar-refractivity contribution in [3.63, 3.8) is 0 Å². The SMILES string of the molecule is CCCSP(=S)(OCC)Oc1cccc2oc3cc(S(=O)(=O)CC)ccc3c(=S)c12. The molecule has 0 bridgehead atoms. The first-order valence-electron chi connectivity index (χ1n) is 9.55. The third-order valence-corrected chi connectivity index (χ3v) is 11.9. The van der Waals surface area contributed by atoms with Crippen LogP contribution in [0.5, 0.6) is 5.75 Å². The van der Waals surface area contributed by atoms with E-state index in [2.05, 4.69) is 6.92 Å². The minimum Gasteiger partial charge on any atom is -0.456 e. The van der Waals surface area contributed by atoms with Gasteiger partial charge >= 0.3 is 0 Å². The molecular weight excluding hydrogens is 479 g/mol. The Morgan fingerprint density at radius 2 is 1.90 bits per heavy atom. The standard InChI is InChI=1S/C20H23O5PS4/c1-4-12-29-26(28,23-5-2)25-17-9-7-8-16-19(17)20(27)15-11-10-14(13-18(15)24-16)30(21,22)6-3/h7-11,13H,4-6,12H2,1-3H3. The zero-order valence-electron chi connectivity index (χ0n) is 16.9. The van der Waals surface area contributed by atoms with E-state index >= 15 is 0 Å². The second kappa shape index (κ2) is 9.67. The van der Waals surface area contributed by atoms with Crippen LogP contribution >= 0.6 is 29.3 Å². The Labute approximate surface area is 191 Å². The van der Waals surface area contributed by atoms with Crippen LogP contribution in [0.25, 0.3) is 21.9 Å². The second-order valence-corrected chi connectivity index (χ2v) is 15.5. The van der Waals surface area contributed by atoms with E-state index in [1.54, 1.807) is 31.2 Å². The maximum Gasteiger partial charge on any atom is 0.297 e. The van der Waals surface area contributed by atoms with Gasteiger partial charge in [0.25, 0.3) is 5.69 Å². The predicted octanol–water partition coefficient (Wildman–Crippen LogP) is 6.89. The lowest BCUT2D eigenvalue weighted by atomic mass is 10.1. The molecule has 1 atom stereocenters. The lowest BCUT2D eigenvalue weighted by Gasteiger charge is -2.22. The van der Waals surface area contributed by atoms with Crippen molar-refractivity contribution in [2.24, 2.45) is 0 Å². The van der Waals surface area contributed by atoms with Gasteiger partial charge in [0.2, 0.25) is 0 Å². The lowest BCUT2D eigenvalue weighted by Crippen LogP contribution is -2.03. The van der Waals surface area contributed by atoms with Crippen molar-refractivity contribution >= 4 is 72.9 Å². The topological polar surface area (TPSA) is 65.7 Å². The largest absolute Gasteiger partial charge is 0.456 e. The molecule has 0 N–H and O–H groups in total. The molecule has 1 unspecified atom stereocenters. The molecule has 2 aromatic carbocycles. The van der Waals surface area contributed by atoms with Crippen LogP contribution in [-0.4, -0.2) is 26.5 Å². The van der Waals surface area contributed by atoms with Gasteiger partial charge in [0.15, 0.2) is 9.84 Å². The first-order valence-corrected chi connectivity index (χ1v) is 15.8. The highest BCUT2D eigenvalue weighted by atomic mass is 32.9. The normalized spacial score (nSPS) is 14.1. The molecule has 0 fully saturated rings. The number of fused-ring (bicyclic) bond motifs is 2. The summed E-state index contributed by atoms with van der Waals surface area (Å²) in [4.78, 5) is 0.213. The van der Waals surface area contributed by atoms with Crippen LogP contribution in [-0.2, 0) is 26.2 Å². The van der Waals surface area contributed by atoms with Crippen molar-refractivity contribution in [2.75, 3.05) is 18.1 Å². The van der Waals surface area contributed by atoms with Gasteiger partial charge in [-0.1, -0.05) is 43.5 Å². The fourth-order valence-electron chi connectivity index (χ4n) is 2.86. The highest BCUT2D eigenvalue weighted by molar-refractivity contribution is 8.68. The van der Waals surface area contributed by atoms with Crippen LogP contribution in [0.2, 0.25) is 0 Å². The van der Waals surface area contributed by atoms with Crippen molar-refractivity contribution in [3.8, 4) is 5.75 Å². The van der Waals surface area contributed by atoms with Gasteiger partial charge in [-0.15, -0.1) is 0 Å². The molecule has 10 heteroatoms. The van der Waals surface area contributed by atoms with Gasteiger partial charge in [-0.25, -0.2) is 8.42 Å². The van der Waals surface area contributed by atoms with Crippen molar-refractivity contribution in [1.82, 2.24) is 0 Å². The van der Waals surface area contributed by atoms with E-state index in [9.17, 15) is 8.42 Å². The Bertz CT molecular complexity index is 1280. The van der Waals surface area contributed by atoms with Crippen LogP contribution < -0.4 is 4.52 Å². The quantitative estimate of drug-likeness (QED) is 0.178. The van der Waals surface area contributed by atoms with Gasteiger partial charge in [0, 0.05) is 17.2 Å².